The van der Waals surface area contributed by atoms with E-state index in [-0.39, 0.29) is 10.8 Å². The second-order valence-electron chi connectivity index (χ2n) is 16.9. The van der Waals surface area contributed by atoms with Crippen LogP contribution in [-0.4, -0.2) is 0 Å². The SMILES string of the molecule is CC(Cc1cccc(CC(C)(C)CC(c2ccccc2)C(C)CCc2ccccc2)c1)CC(c1ccccc1)C(C)(C)CCc1ccccc1. The summed E-state index contributed by atoms with van der Waals surface area (Å²) in [5.41, 5.74) is 9.21. The minimum Gasteiger partial charge on any atom is -0.0622 e. The van der Waals surface area contributed by atoms with Crippen LogP contribution in [0.25, 0.3) is 0 Å². The predicted molar refractivity (Wildman–Crippen MR) is 217 cm³/mol. The van der Waals surface area contributed by atoms with Gasteiger partial charge in [-0.1, -0.05) is 187 Å². The first-order valence-electron chi connectivity index (χ1n) is 19.3. The third kappa shape index (κ3) is 11.3. The summed E-state index contributed by atoms with van der Waals surface area (Å²) in [6, 6.07) is 54.2. The molecule has 0 aromatic heterocycles. The summed E-state index contributed by atoms with van der Waals surface area (Å²) < 4.78 is 0. The van der Waals surface area contributed by atoms with Crippen LogP contribution in [0, 0.1) is 22.7 Å². The number of rotatable bonds is 18. The molecule has 0 bridgehead atoms. The van der Waals surface area contributed by atoms with Crippen molar-refractivity contribution in [3.05, 3.63) is 179 Å². The zero-order chi connectivity index (χ0) is 35.4. The summed E-state index contributed by atoms with van der Waals surface area (Å²) in [6.45, 7) is 14.9. The molecule has 0 saturated carbocycles. The van der Waals surface area contributed by atoms with Gasteiger partial charge in [-0.05, 0) is 119 Å². The van der Waals surface area contributed by atoms with E-state index in [1.54, 1.807) is 0 Å². The summed E-state index contributed by atoms with van der Waals surface area (Å²) in [4.78, 5) is 0. The Balaban J connectivity index is 1.25. The highest BCUT2D eigenvalue weighted by molar-refractivity contribution is 5.27. The van der Waals surface area contributed by atoms with E-state index < -0.39 is 0 Å². The maximum Gasteiger partial charge on any atom is -0.0108 e. The standard InChI is InChI=1S/C50H62/c1-39(35-48(46-28-17-10-18-29-46)50(5,6)33-32-42-22-13-8-14-23-42)34-43-24-19-25-44(36-43)37-49(3,4)38-47(45-26-15-9-16-27-45)40(2)30-31-41-20-11-7-12-21-41/h7-29,36,39-40,47-48H,30-35,37-38H2,1-6H3. The molecule has 0 aliphatic rings. The molecule has 0 fully saturated rings. The van der Waals surface area contributed by atoms with E-state index in [0.29, 0.717) is 23.7 Å². The van der Waals surface area contributed by atoms with Crippen molar-refractivity contribution >= 4 is 0 Å². The third-order valence-corrected chi connectivity index (χ3v) is 11.4. The van der Waals surface area contributed by atoms with Crippen LogP contribution in [0.2, 0.25) is 0 Å². The fourth-order valence-corrected chi connectivity index (χ4v) is 8.44. The summed E-state index contributed by atoms with van der Waals surface area (Å²) in [6.07, 6.45) is 9.26. The second kappa shape index (κ2) is 17.8. The summed E-state index contributed by atoms with van der Waals surface area (Å²) in [5, 5.41) is 0. The number of benzene rings is 5. The van der Waals surface area contributed by atoms with Gasteiger partial charge in [0.15, 0.2) is 0 Å². The molecule has 50 heavy (non-hydrogen) atoms. The van der Waals surface area contributed by atoms with Crippen LogP contribution in [-0.2, 0) is 25.7 Å². The molecule has 0 nitrogen and oxygen atoms in total. The van der Waals surface area contributed by atoms with Crippen LogP contribution in [0.5, 0.6) is 0 Å². The average molecular weight is 663 g/mol. The highest BCUT2D eigenvalue weighted by Gasteiger charge is 2.32. The van der Waals surface area contributed by atoms with Crippen molar-refractivity contribution in [2.75, 3.05) is 0 Å². The normalized spacial score (nSPS) is 14.5. The van der Waals surface area contributed by atoms with Crippen molar-refractivity contribution in [3.8, 4) is 0 Å². The van der Waals surface area contributed by atoms with Gasteiger partial charge in [0.2, 0.25) is 0 Å². The van der Waals surface area contributed by atoms with Gasteiger partial charge in [-0.15, -0.1) is 0 Å². The van der Waals surface area contributed by atoms with Gasteiger partial charge < -0.3 is 0 Å². The van der Waals surface area contributed by atoms with E-state index in [4.69, 9.17) is 0 Å². The molecule has 0 radical (unpaired) electrons. The molecule has 5 aromatic rings. The topological polar surface area (TPSA) is 0 Å². The fraction of sp³-hybridized carbons (Fsp3) is 0.400. The monoisotopic (exact) mass is 662 g/mol. The van der Waals surface area contributed by atoms with Gasteiger partial charge in [-0.25, -0.2) is 0 Å². The van der Waals surface area contributed by atoms with Gasteiger partial charge in [0, 0.05) is 0 Å². The lowest BCUT2D eigenvalue weighted by atomic mass is 9.68. The molecule has 0 aliphatic carbocycles. The Bertz CT molecular complexity index is 1670. The zero-order valence-corrected chi connectivity index (χ0v) is 31.8. The predicted octanol–water partition coefficient (Wildman–Crippen LogP) is 13.7. The molecule has 5 aromatic carbocycles. The van der Waals surface area contributed by atoms with Gasteiger partial charge in [0.05, 0.1) is 0 Å². The Morgan fingerprint density at radius 2 is 1.02 bits per heavy atom. The average Bonchev–Trinajstić information content (AvgIpc) is 3.12. The Morgan fingerprint density at radius 1 is 0.520 bits per heavy atom. The van der Waals surface area contributed by atoms with Crippen LogP contribution in [0.15, 0.2) is 146 Å². The summed E-state index contributed by atoms with van der Waals surface area (Å²) >= 11 is 0. The molecule has 0 heterocycles. The highest BCUT2D eigenvalue weighted by Crippen LogP contribution is 2.44. The van der Waals surface area contributed by atoms with Gasteiger partial charge in [0.25, 0.3) is 0 Å². The number of hydrogen-bond donors (Lipinski definition) is 0. The van der Waals surface area contributed by atoms with Crippen molar-refractivity contribution < 1.29 is 0 Å². The van der Waals surface area contributed by atoms with Gasteiger partial charge in [-0.2, -0.15) is 0 Å². The maximum atomic E-state index is 2.52. The molecule has 0 spiro atoms. The lowest BCUT2D eigenvalue weighted by Gasteiger charge is -2.37. The van der Waals surface area contributed by atoms with Crippen LogP contribution in [0.1, 0.15) is 112 Å². The highest BCUT2D eigenvalue weighted by atomic mass is 14.4. The van der Waals surface area contributed by atoms with E-state index >= 15 is 0 Å². The molecule has 0 heteroatoms. The van der Waals surface area contributed by atoms with Crippen molar-refractivity contribution in [1.29, 1.82) is 0 Å². The molecular weight excluding hydrogens is 601 g/mol. The third-order valence-electron chi connectivity index (χ3n) is 11.4. The molecule has 0 amide bonds. The Hall–Kier alpha value is -3.90. The Morgan fingerprint density at radius 3 is 1.62 bits per heavy atom. The minimum absolute atomic E-state index is 0.187. The molecule has 0 aliphatic heterocycles. The van der Waals surface area contributed by atoms with E-state index in [9.17, 15) is 0 Å². The van der Waals surface area contributed by atoms with Crippen molar-refractivity contribution in [2.24, 2.45) is 22.7 Å². The van der Waals surface area contributed by atoms with E-state index in [0.717, 1.165) is 25.7 Å². The number of aryl methyl sites for hydroxylation is 2. The Labute approximate surface area is 305 Å². The largest absolute Gasteiger partial charge is 0.0622 e. The molecule has 4 atom stereocenters. The van der Waals surface area contributed by atoms with Crippen molar-refractivity contribution in [2.45, 2.75) is 105 Å². The number of hydrogen-bond acceptors (Lipinski definition) is 0. The van der Waals surface area contributed by atoms with Crippen molar-refractivity contribution in [1.82, 2.24) is 0 Å². The molecule has 4 unspecified atom stereocenters. The smallest absolute Gasteiger partial charge is 0.0108 e. The van der Waals surface area contributed by atoms with Crippen LogP contribution in [0.3, 0.4) is 0 Å². The van der Waals surface area contributed by atoms with E-state index in [1.165, 1.54) is 59.1 Å². The lowest BCUT2D eigenvalue weighted by Crippen LogP contribution is -2.25. The Kier molecular flexibility index (Phi) is 13.3. The molecule has 0 N–H and O–H groups in total. The molecular formula is C50H62. The lowest BCUT2D eigenvalue weighted by molar-refractivity contribution is 0.228. The van der Waals surface area contributed by atoms with Crippen LogP contribution in [0.4, 0.5) is 0 Å². The van der Waals surface area contributed by atoms with Crippen molar-refractivity contribution in [3.63, 3.8) is 0 Å². The van der Waals surface area contributed by atoms with Gasteiger partial charge in [-0.3, -0.25) is 0 Å². The van der Waals surface area contributed by atoms with Gasteiger partial charge >= 0.3 is 0 Å². The zero-order valence-electron chi connectivity index (χ0n) is 31.8. The second-order valence-corrected chi connectivity index (χ2v) is 16.9. The van der Waals surface area contributed by atoms with Crippen LogP contribution < -0.4 is 0 Å². The fourth-order valence-electron chi connectivity index (χ4n) is 8.44. The molecule has 262 valence electrons. The van der Waals surface area contributed by atoms with E-state index in [2.05, 4.69) is 187 Å². The van der Waals surface area contributed by atoms with E-state index in [1.807, 2.05) is 0 Å². The molecule has 0 saturated heterocycles. The van der Waals surface area contributed by atoms with Crippen LogP contribution >= 0.6 is 0 Å². The minimum atomic E-state index is 0.187. The summed E-state index contributed by atoms with van der Waals surface area (Å²) in [5.74, 6) is 2.26. The first-order chi connectivity index (χ1) is 24.1. The summed E-state index contributed by atoms with van der Waals surface area (Å²) in [7, 11) is 0. The quantitative estimate of drug-likeness (QED) is 0.0876. The maximum absolute atomic E-state index is 2.52. The first-order valence-corrected chi connectivity index (χ1v) is 19.3. The molecule has 5 rings (SSSR count). The van der Waals surface area contributed by atoms with Gasteiger partial charge in [0.1, 0.15) is 0 Å². The first kappa shape index (κ1) is 37.4.